The summed E-state index contributed by atoms with van der Waals surface area (Å²) >= 11 is 6.08. The maximum atomic E-state index is 12.7. The quantitative estimate of drug-likeness (QED) is 0.878. The third kappa shape index (κ3) is 3.41. The van der Waals surface area contributed by atoms with E-state index in [0.29, 0.717) is 5.92 Å². The summed E-state index contributed by atoms with van der Waals surface area (Å²) in [5, 5.41) is 7.19. The number of rotatable bonds is 5. The van der Waals surface area contributed by atoms with Crippen LogP contribution >= 0.6 is 11.6 Å². The van der Waals surface area contributed by atoms with E-state index in [9.17, 15) is 4.79 Å². The van der Waals surface area contributed by atoms with Gasteiger partial charge >= 0.3 is 0 Å². The standard InChI is InChI=1S/C17H23ClN2O/c18-15-5-3-4-13(8-15)9-17(6-1-2-7-17)16(21)20-12-14-10-19-11-14/h3-5,8,14,19H,1-2,6-7,9-12H2,(H,20,21). The largest absolute Gasteiger partial charge is 0.355 e. The Morgan fingerprint density at radius 2 is 2.10 bits per heavy atom. The van der Waals surface area contributed by atoms with Crippen LogP contribution in [0.2, 0.25) is 5.02 Å². The summed E-state index contributed by atoms with van der Waals surface area (Å²) in [5.41, 5.74) is 0.951. The Balaban J connectivity index is 1.67. The van der Waals surface area contributed by atoms with Gasteiger partial charge in [-0.1, -0.05) is 36.6 Å². The van der Waals surface area contributed by atoms with E-state index in [2.05, 4.69) is 16.7 Å². The first-order valence-electron chi connectivity index (χ1n) is 7.91. The summed E-state index contributed by atoms with van der Waals surface area (Å²) < 4.78 is 0. The number of benzene rings is 1. The molecule has 21 heavy (non-hydrogen) atoms. The van der Waals surface area contributed by atoms with Crippen molar-refractivity contribution in [3.63, 3.8) is 0 Å². The smallest absolute Gasteiger partial charge is 0.226 e. The molecule has 0 bridgehead atoms. The van der Waals surface area contributed by atoms with Crippen LogP contribution in [0.15, 0.2) is 24.3 Å². The van der Waals surface area contributed by atoms with E-state index in [-0.39, 0.29) is 11.3 Å². The Kier molecular flexibility index (Phi) is 4.51. The molecule has 1 saturated heterocycles. The second-order valence-electron chi connectivity index (χ2n) is 6.53. The molecule has 4 heteroatoms. The molecule has 1 aliphatic heterocycles. The van der Waals surface area contributed by atoms with Crippen LogP contribution < -0.4 is 10.6 Å². The van der Waals surface area contributed by atoms with Gasteiger partial charge in [-0.15, -0.1) is 0 Å². The van der Waals surface area contributed by atoms with E-state index in [1.807, 2.05) is 18.2 Å². The summed E-state index contributed by atoms with van der Waals surface area (Å²) in [6.45, 7) is 2.87. The molecule has 0 spiro atoms. The maximum Gasteiger partial charge on any atom is 0.226 e. The molecule has 0 unspecified atom stereocenters. The fourth-order valence-electron chi connectivity index (χ4n) is 3.49. The lowest BCUT2D eigenvalue weighted by Gasteiger charge is -2.31. The first-order chi connectivity index (χ1) is 10.2. The Labute approximate surface area is 131 Å². The molecule has 1 amide bonds. The van der Waals surface area contributed by atoms with Crippen LogP contribution in [-0.4, -0.2) is 25.5 Å². The van der Waals surface area contributed by atoms with Crippen molar-refractivity contribution in [1.82, 2.24) is 10.6 Å². The van der Waals surface area contributed by atoms with E-state index >= 15 is 0 Å². The molecule has 3 nitrogen and oxygen atoms in total. The molecule has 1 saturated carbocycles. The molecule has 1 heterocycles. The molecule has 1 aliphatic carbocycles. The summed E-state index contributed by atoms with van der Waals surface area (Å²) in [6.07, 6.45) is 5.10. The lowest BCUT2D eigenvalue weighted by Crippen LogP contribution is -2.50. The van der Waals surface area contributed by atoms with Crippen LogP contribution in [0.4, 0.5) is 0 Å². The number of hydrogen-bond acceptors (Lipinski definition) is 2. The van der Waals surface area contributed by atoms with E-state index in [1.54, 1.807) is 0 Å². The van der Waals surface area contributed by atoms with Crippen molar-refractivity contribution in [2.75, 3.05) is 19.6 Å². The van der Waals surface area contributed by atoms with Crippen LogP contribution in [0.25, 0.3) is 0 Å². The normalized spacial score (nSPS) is 21.0. The molecule has 1 aromatic rings. The second-order valence-corrected chi connectivity index (χ2v) is 6.96. The van der Waals surface area contributed by atoms with Crippen LogP contribution in [0, 0.1) is 11.3 Å². The van der Waals surface area contributed by atoms with E-state index in [0.717, 1.165) is 56.8 Å². The van der Waals surface area contributed by atoms with Crippen molar-refractivity contribution in [3.8, 4) is 0 Å². The number of carbonyl (C=O) groups is 1. The van der Waals surface area contributed by atoms with Gasteiger partial charge in [-0.25, -0.2) is 0 Å². The predicted molar refractivity (Wildman–Crippen MR) is 85.4 cm³/mol. The van der Waals surface area contributed by atoms with Crippen molar-refractivity contribution >= 4 is 17.5 Å². The second kappa shape index (κ2) is 6.37. The molecular weight excluding hydrogens is 284 g/mol. The third-order valence-electron chi connectivity index (χ3n) is 4.89. The van der Waals surface area contributed by atoms with Gasteiger partial charge in [0.2, 0.25) is 5.91 Å². The van der Waals surface area contributed by atoms with E-state index in [1.165, 1.54) is 5.56 Å². The van der Waals surface area contributed by atoms with Gasteiger partial charge < -0.3 is 10.6 Å². The Morgan fingerprint density at radius 1 is 1.33 bits per heavy atom. The minimum atomic E-state index is -0.220. The fraction of sp³-hybridized carbons (Fsp3) is 0.588. The van der Waals surface area contributed by atoms with Gasteiger partial charge in [0.25, 0.3) is 0 Å². The highest BCUT2D eigenvalue weighted by atomic mass is 35.5. The molecule has 0 atom stereocenters. The van der Waals surface area contributed by atoms with Gasteiger partial charge in [0, 0.05) is 30.6 Å². The first kappa shape index (κ1) is 14.9. The number of amides is 1. The van der Waals surface area contributed by atoms with Gasteiger partial charge in [0.15, 0.2) is 0 Å². The van der Waals surface area contributed by atoms with Crippen molar-refractivity contribution in [3.05, 3.63) is 34.9 Å². The van der Waals surface area contributed by atoms with Gasteiger partial charge in [-0.2, -0.15) is 0 Å². The highest BCUT2D eigenvalue weighted by molar-refractivity contribution is 6.30. The van der Waals surface area contributed by atoms with Gasteiger partial charge in [-0.3, -0.25) is 4.79 Å². The monoisotopic (exact) mass is 306 g/mol. The van der Waals surface area contributed by atoms with Crippen LogP contribution in [-0.2, 0) is 11.2 Å². The van der Waals surface area contributed by atoms with Gasteiger partial charge in [-0.05, 0) is 37.0 Å². The summed E-state index contributed by atoms with van der Waals surface area (Å²) in [5.74, 6) is 0.852. The van der Waals surface area contributed by atoms with Crippen LogP contribution in [0.1, 0.15) is 31.2 Å². The van der Waals surface area contributed by atoms with Crippen molar-refractivity contribution in [2.45, 2.75) is 32.1 Å². The zero-order valence-electron chi connectivity index (χ0n) is 12.3. The van der Waals surface area contributed by atoms with E-state index < -0.39 is 0 Å². The molecular formula is C17H23ClN2O. The lowest BCUT2D eigenvalue weighted by atomic mass is 9.79. The Hall–Kier alpha value is -1.06. The zero-order valence-corrected chi connectivity index (χ0v) is 13.1. The topological polar surface area (TPSA) is 41.1 Å². The minimum absolute atomic E-state index is 0.220. The molecule has 1 aromatic carbocycles. The third-order valence-corrected chi connectivity index (χ3v) is 5.13. The van der Waals surface area contributed by atoms with Crippen LogP contribution in [0.5, 0.6) is 0 Å². The van der Waals surface area contributed by atoms with Crippen molar-refractivity contribution in [1.29, 1.82) is 0 Å². The number of nitrogens with one attached hydrogen (secondary N) is 2. The van der Waals surface area contributed by atoms with Gasteiger partial charge in [0.1, 0.15) is 0 Å². The molecule has 2 fully saturated rings. The summed E-state index contributed by atoms with van der Waals surface area (Å²) in [7, 11) is 0. The van der Waals surface area contributed by atoms with Crippen molar-refractivity contribution in [2.24, 2.45) is 11.3 Å². The first-order valence-corrected chi connectivity index (χ1v) is 8.29. The van der Waals surface area contributed by atoms with Gasteiger partial charge in [0.05, 0.1) is 5.41 Å². The molecule has 114 valence electrons. The number of halogens is 1. The highest BCUT2D eigenvalue weighted by Crippen LogP contribution is 2.41. The summed E-state index contributed by atoms with van der Waals surface area (Å²) in [6, 6.07) is 7.92. The van der Waals surface area contributed by atoms with E-state index in [4.69, 9.17) is 11.6 Å². The average Bonchev–Trinajstić information content (AvgIpc) is 2.86. The average molecular weight is 307 g/mol. The van der Waals surface area contributed by atoms with Crippen molar-refractivity contribution < 1.29 is 4.79 Å². The number of hydrogen-bond donors (Lipinski definition) is 2. The number of carbonyl (C=O) groups excluding carboxylic acids is 1. The maximum absolute atomic E-state index is 12.7. The van der Waals surface area contributed by atoms with Crippen LogP contribution in [0.3, 0.4) is 0 Å². The summed E-state index contributed by atoms with van der Waals surface area (Å²) in [4.78, 5) is 12.7. The molecule has 3 rings (SSSR count). The SMILES string of the molecule is O=C(NCC1CNC1)C1(Cc2cccc(Cl)c2)CCCC1. The predicted octanol–water partition coefficient (Wildman–Crippen LogP) is 2.78. The molecule has 2 aliphatic rings. The lowest BCUT2D eigenvalue weighted by molar-refractivity contribution is -0.131. The fourth-order valence-corrected chi connectivity index (χ4v) is 3.70. The Bertz CT molecular complexity index is 507. The highest BCUT2D eigenvalue weighted by Gasteiger charge is 2.41. The molecule has 0 aromatic heterocycles. The Morgan fingerprint density at radius 3 is 2.71 bits per heavy atom. The zero-order chi connectivity index (χ0) is 14.7. The minimum Gasteiger partial charge on any atom is -0.355 e. The molecule has 2 N–H and O–H groups in total. The molecule has 0 radical (unpaired) electrons.